The molecule has 0 heterocycles. The van der Waals surface area contributed by atoms with E-state index in [4.69, 9.17) is 0 Å². The summed E-state index contributed by atoms with van der Waals surface area (Å²) in [7, 11) is 0. The fraction of sp³-hybridized carbons (Fsp3) is 0.500. The number of rotatable bonds is 3. The van der Waals surface area contributed by atoms with Crippen molar-refractivity contribution in [1.29, 1.82) is 0 Å². The SMILES string of the molecule is CCc1ccc(Br)c(CC(C)C)c1Br. The molecule has 1 rings (SSSR count). The Balaban J connectivity index is 3.11. The Labute approximate surface area is 103 Å². The molecule has 0 saturated heterocycles. The zero-order valence-corrected chi connectivity index (χ0v) is 12.1. The predicted octanol–water partition coefficient (Wildman–Crippen LogP) is 4.97. The lowest BCUT2D eigenvalue weighted by atomic mass is 10.0. The van der Waals surface area contributed by atoms with Crippen LogP contribution in [-0.2, 0) is 12.8 Å². The smallest absolute Gasteiger partial charge is 0.0250 e. The molecule has 0 unspecified atom stereocenters. The molecular formula is C12H16Br2. The van der Waals surface area contributed by atoms with Gasteiger partial charge < -0.3 is 0 Å². The summed E-state index contributed by atoms with van der Waals surface area (Å²) in [5.41, 5.74) is 2.79. The zero-order chi connectivity index (χ0) is 10.7. The molecule has 0 nitrogen and oxygen atoms in total. The average Bonchev–Trinajstić information content (AvgIpc) is 2.12. The number of aryl methyl sites for hydroxylation is 1. The van der Waals surface area contributed by atoms with Crippen LogP contribution in [-0.4, -0.2) is 0 Å². The zero-order valence-electron chi connectivity index (χ0n) is 8.90. The Kier molecular flexibility index (Phi) is 4.65. The summed E-state index contributed by atoms with van der Waals surface area (Å²) in [6.45, 7) is 6.68. The molecule has 0 aliphatic heterocycles. The second kappa shape index (κ2) is 5.32. The normalized spacial score (nSPS) is 11.0. The highest BCUT2D eigenvalue weighted by Crippen LogP contribution is 2.31. The van der Waals surface area contributed by atoms with Gasteiger partial charge in [-0.15, -0.1) is 0 Å². The lowest BCUT2D eigenvalue weighted by Crippen LogP contribution is -1.98. The van der Waals surface area contributed by atoms with E-state index in [1.54, 1.807) is 0 Å². The lowest BCUT2D eigenvalue weighted by molar-refractivity contribution is 0.643. The maximum absolute atomic E-state index is 3.69. The van der Waals surface area contributed by atoms with E-state index in [2.05, 4.69) is 64.8 Å². The van der Waals surface area contributed by atoms with Crippen molar-refractivity contribution in [3.63, 3.8) is 0 Å². The third-order valence-corrected chi connectivity index (χ3v) is 3.99. The van der Waals surface area contributed by atoms with Crippen LogP contribution in [0.1, 0.15) is 31.9 Å². The Hall–Kier alpha value is 0.180. The molecule has 0 bridgehead atoms. The molecule has 2 heteroatoms. The summed E-state index contributed by atoms with van der Waals surface area (Å²) >= 11 is 7.30. The largest absolute Gasteiger partial charge is 0.0625 e. The fourth-order valence-corrected chi connectivity index (χ4v) is 3.06. The average molecular weight is 320 g/mol. The van der Waals surface area contributed by atoms with Gasteiger partial charge in [0.2, 0.25) is 0 Å². The first-order valence-electron chi connectivity index (χ1n) is 5.02. The fourth-order valence-electron chi connectivity index (χ4n) is 1.51. The van der Waals surface area contributed by atoms with Gasteiger partial charge in [0.1, 0.15) is 0 Å². The van der Waals surface area contributed by atoms with Gasteiger partial charge in [0.15, 0.2) is 0 Å². The van der Waals surface area contributed by atoms with Crippen molar-refractivity contribution in [3.8, 4) is 0 Å². The highest BCUT2D eigenvalue weighted by Gasteiger charge is 2.10. The first-order chi connectivity index (χ1) is 6.56. The topological polar surface area (TPSA) is 0 Å². The van der Waals surface area contributed by atoms with E-state index in [0.29, 0.717) is 5.92 Å². The molecule has 14 heavy (non-hydrogen) atoms. The van der Waals surface area contributed by atoms with E-state index in [0.717, 1.165) is 12.8 Å². The number of hydrogen-bond acceptors (Lipinski definition) is 0. The minimum Gasteiger partial charge on any atom is -0.0625 e. The van der Waals surface area contributed by atoms with Crippen LogP contribution < -0.4 is 0 Å². The van der Waals surface area contributed by atoms with Gasteiger partial charge in [-0.05, 0) is 36.0 Å². The number of hydrogen-bond donors (Lipinski definition) is 0. The van der Waals surface area contributed by atoms with Gasteiger partial charge in [-0.25, -0.2) is 0 Å². The van der Waals surface area contributed by atoms with E-state index in [1.165, 1.54) is 20.1 Å². The molecular weight excluding hydrogens is 304 g/mol. The van der Waals surface area contributed by atoms with Gasteiger partial charge in [0, 0.05) is 8.95 Å². The van der Waals surface area contributed by atoms with Gasteiger partial charge in [0.25, 0.3) is 0 Å². The molecule has 1 aromatic carbocycles. The monoisotopic (exact) mass is 318 g/mol. The van der Waals surface area contributed by atoms with Crippen LogP contribution in [0.15, 0.2) is 21.1 Å². The van der Waals surface area contributed by atoms with Crippen molar-refractivity contribution in [2.45, 2.75) is 33.6 Å². The summed E-state index contributed by atoms with van der Waals surface area (Å²) < 4.78 is 2.50. The van der Waals surface area contributed by atoms with E-state index >= 15 is 0 Å². The van der Waals surface area contributed by atoms with Crippen LogP contribution in [0.2, 0.25) is 0 Å². The summed E-state index contributed by atoms with van der Waals surface area (Å²) in [4.78, 5) is 0. The molecule has 0 saturated carbocycles. The summed E-state index contributed by atoms with van der Waals surface area (Å²) in [6, 6.07) is 4.33. The summed E-state index contributed by atoms with van der Waals surface area (Å²) in [5.74, 6) is 0.690. The maximum Gasteiger partial charge on any atom is 0.0250 e. The lowest BCUT2D eigenvalue weighted by Gasteiger charge is -2.13. The van der Waals surface area contributed by atoms with Crippen molar-refractivity contribution in [3.05, 3.63) is 32.2 Å². The van der Waals surface area contributed by atoms with Crippen molar-refractivity contribution in [1.82, 2.24) is 0 Å². The molecule has 0 radical (unpaired) electrons. The molecule has 0 aliphatic rings. The van der Waals surface area contributed by atoms with Crippen LogP contribution in [0, 0.1) is 5.92 Å². The molecule has 0 aliphatic carbocycles. The molecule has 0 atom stereocenters. The molecule has 78 valence electrons. The third kappa shape index (κ3) is 2.83. The van der Waals surface area contributed by atoms with E-state index in [1.807, 2.05) is 0 Å². The Morgan fingerprint density at radius 2 is 1.86 bits per heavy atom. The molecule has 0 amide bonds. The summed E-state index contributed by atoms with van der Waals surface area (Å²) in [5, 5.41) is 0. The van der Waals surface area contributed by atoms with Crippen LogP contribution >= 0.6 is 31.9 Å². The van der Waals surface area contributed by atoms with Gasteiger partial charge in [-0.2, -0.15) is 0 Å². The molecule has 0 spiro atoms. The number of halogens is 2. The van der Waals surface area contributed by atoms with Crippen LogP contribution in [0.25, 0.3) is 0 Å². The molecule has 0 N–H and O–H groups in total. The molecule has 1 aromatic rings. The minimum atomic E-state index is 0.690. The van der Waals surface area contributed by atoms with Gasteiger partial charge in [-0.3, -0.25) is 0 Å². The number of benzene rings is 1. The third-order valence-electron chi connectivity index (χ3n) is 2.26. The second-order valence-electron chi connectivity index (χ2n) is 3.95. The minimum absolute atomic E-state index is 0.690. The summed E-state index contributed by atoms with van der Waals surface area (Å²) in [6.07, 6.45) is 2.20. The van der Waals surface area contributed by atoms with Gasteiger partial charge in [-0.1, -0.05) is 58.7 Å². The Morgan fingerprint density at radius 1 is 1.21 bits per heavy atom. The Morgan fingerprint density at radius 3 is 2.36 bits per heavy atom. The first kappa shape index (κ1) is 12.3. The van der Waals surface area contributed by atoms with Crippen molar-refractivity contribution >= 4 is 31.9 Å². The molecule has 0 fully saturated rings. The maximum atomic E-state index is 3.69. The molecule has 0 aromatic heterocycles. The van der Waals surface area contributed by atoms with Gasteiger partial charge in [0.05, 0.1) is 0 Å². The standard InChI is InChI=1S/C12H16Br2/c1-4-9-5-6-11(13)10(12(9)14)7-8(2)3/h5-6,8H,4,7H2,1-3H3. The van der Waals surface area contributed by atoms with E-state index in [9.17, 15) is 0 Å². The van der Waals surface area contributed by atoms with E-state index in [-0.39, 0.29) is 0 Å². The first-order valence-corrected chi connectivity index (χ1v) is 6.60. The quantitative estimate of drug-likeness (QED) is 0.737. The highest BCUT2D eigenvalue weighted by molar-refractivity contribution is 9.11. The highest BCUT2D eigenvalue weighted by atomic mass is 79.9. The predicted molar refractivity (Wildman–Crippen MR) is 69.8 cm³/mol. The van der Waals surface area contributed by atoms with Crippen molar-refractivity contribution in [2.24, 2.45) is 5.92 Å². The second-order valence-corrected chi connectivity index (χ2v) is 5.60. The van der Waals surface area contributed by atoms with Gasteiger partial charge >= 0.3 is 0 Å². The van der Waals surface area contributed by atoms with Crippen molar-refractivity contribution < 1.29 is 0 Å². The Bertz CT molecular complexity index is 316. The van der Waals surface area contributed by atoms with E-state index < -0.39 is 0 Å². The van der Waals surface area contributed by atoms with Crippen LogP contribution in [0.4, 0.5) is 0 Å². The van der Waals surface area contributed by atoms with Crippen LogP contribution in [0.3, 0.4) is 0 Å². The van der Waals surface area contributed by atoms with Crippen LogP contribution in [0.5, 0.6) is 0 Å². The van der Waals surface area contributed by atoms with Crippen molar-refractivity contribution in [2.75, 3.05) is 0 Å².